The van der Waals surface area contributed by atoms with Gasteiger partial charge in [0.05, 0.1) is 7.11 Å². The smallest absolute Gasteiger partial charge is 0.374 e. The summed E-state index contributed by atoms with van der Waals surface area (Å²) in [5.41, 5.74) is 0.848. The highest BCUT2D eigenvalue weighted by Gasteiger charge is 2.20. The van der Waals surface area contributed by atoms with E-state index in [1.165, 1.54) is 7.11 Å². The number of rotatable bonds is 4. The Labute approximate surface area is 89.2 Å². The van der Waals surface area contributed by atoms with Crippen LogP contribution in [0.15, 0.2) is 10.5 Å². The Bertz CT molecular complexity index is 340. The van der Waals surface area contributed by atoms with Gasteiger partial charge < -0.3 is 13.9 Å². The van der Waals surface area contributed by atoms with E-state index in [2.05, 4.69) is 4.74 Å². The molecule has 0 aliphatic heterocycles. The molecule has 4 nitrogen and oxygen atoms in total. The number of aryl methyl sites for hydroxylation is 1. The maximum absolute atomic E-state index is 11.4. The molecule has 1 atom stereocenters. The largest absolute Gasteiger partial charge is 0.463 e. The van der Waals surface area contributed by atoms with E-state index < -0.39 is 5.97 Å². The first kappa shape index (κ1) is 11.8. The fourth-order valence-corrected chi connectivity index (χ4v) is 1.29. The molecule has 1 aromatic heterocycles. The van der Waals surface area contributed by atoms with Crippen molar-refractivity contribution in [3.63, 3.8) is 0 Å². The monoisotopic (exact) mass is 212 g/mol. The Morgan fingerprint density at radius 3 is 2.67 bits per heavy atom. The molecule has 0 saturated heterocycles. The van der Waals surface area contributed by atoms with Crippen molar-refractivity contribution in [2.75, 3.05) is 14.2 Å². The van der Waals surface area contributed by atoms with Gasteiger partial charge in [-0.2, -0.15) is 0 Å². The van der Waals surface area contributed by atoms with Gasteiger partial charge >= 0.3 is 5.97 Å². The molecule has 0 spiro atoms. The van der Waals surface area contributed by atoms with Crippen molar-refractivity contribution in [3.05, 3.63) is 23.2 Å². The van der Waals surface area contributed by atoms with Gasteiger partial charge in [0.15, 0.2) is 0 Å². The van der Waals surface area contributed by atoms with E-state index in [0.717, 1.165) is 12.0 Å². The second-order valence-corrected chi connectivity index (χ2v) is 3.23. The number of ether oxygens (including phenoxy) is 2. The van der Waals surface area contributed by atoms with E-state index in [0.29, 0.717) is 5.76 Å². The molecule has 1 heterocycles. The van der Waals surface area contributed by atoms with E-state index in [-0.39, 0.29) is 11.9 Å². The molecule has 0 aliphatic carbocycles. The van der Waals surface area contributed by atoms with Crippen LogP contribution in [0, 0.1) is 0 Å². The minimum Gasteiger partial charge on any atom is -0.463 e. The average Bonchev–Trinajstić information content (AvgIpc) is 2.70. The summed E-state index contributed by atoms with van der Waals surface area (Å²) in [5, 5.41) is 0. The van der Waals surface area contributed by atoms with E-state index in [9.17, 15) is 4.79 Å². The number of esters is 1. The van der Waals surface area contributed by atoms with Gasteiger partial charge in [-0.05, 0) is 19.4 Å². The molecule has 0 bridgehead atoms. The molecule has 84 valence electrons. The molecule has 4 heteroatoms. The summed E-state index contributed by atoms with van der Waals surface area (Å²) in [4.78, 5) is 11.4. The second kappa shape index (κ2) is 4.98. The zero-order valence-corrected chi connectivity index (χ0v) is 9.49. The van der Waals surface area contributed by atoms with Crippen LogP contribution >= 0.6 is 0 Å². The molecule has 0 aliphatic rings. The molecule has 1 rings (SSSR count). The highest BCUT2D eigenvalue weighted by Crippen LogP contribution is 2.24. The van der Waals surface area contributed by atoms with Crippen molar-refractivity contribution >= 4 is 5.97 Å². The maximum Gasteiger partial charge on any atom is 0.374 e. The fraction of sp³-hybridized carbons (Fsp3) is 0.545. The minimum atomic E-state index is -0.443. The fourth-order valence-electron chi connectivity index (χ4n) is 1.29. The van der Waals surface area contributed by atoms with Gasteiger partial charge in [-0.1, -0.05) is 6.92 Å². The summed E-state index contributed by atoms with van der Waals surface area (Å²) >= 11 is 0. The predicted octanol–water partition coefficient (Wildman–Crippen LogP) is 2.34. The summed E-state index contributed by atoms with van der Waals surface area (Å²) < 4.78 is 15.2. The summed E-state index contributed by atoms with van der Waals surface area (Å²) in [7, 11) is 2.93. The third-order valence-corrected chi connectivity index (χ3v) is 2.33. The van der Waals surface area contributed by atoms with Crippen LogP contribution in [0.25, 0.3) is 0 Å². The lowest BCUT2D eigenvalue weighted by molar-refractivity contribution is 0.0545. The van der Waals surface area contributed by atoms with Crippen molar-refractivity contribution in [1.29, 1.82) is 0 Å². The maximum atomic E-state index is 11.4. The van der Waals surface area contributed by atoms with Crippen LogP contribution in [0.1, 0.15) is 41.8 Å². The van der Waals surface area contributed by atoms with Crippen molar-refractivity contribution in [2.24, 2.45) is 0 Å². The second-order valence-electron chi connectivity index (χ2n) is 3.23. The van der Waals surface area contributed by atoms with Crippen LogP contribution in [-0.4, -0.2) is 20.2 Å². The minimum absolute atomic E-state index is 0.159. The zero-order chi connectivity index (χ0) is 11.4. The van der Waals surface area contributed by atoms with Crippen LogP contribution in [-0.2, 0) is 15.9 Å². The lowest BCUT2D eigenvalue weighted by Gasteiger charge is -2.04. The molecule has 1 aromatic rings. The van der Waals surface area contributed by atoms with Crippen LogP contribution < -0.4 is 0 Å². The first-order chi connectivity index (χ1) is 7.13. The van der Waals surface area contributed by atoms with Gasteiger partial charge in [0, 0.05) is 12.7 Å². The van der Waals surface area contributed by atoms with Gasteiger partial charge in [0.1, 0.15) is 11.9 Å². The Balaban J connectivity index is 3.05. The third-order valence-electron chi connectivity index (χ3n) is 2.33. The third kappa shape index (κ3) is 2.39. The molecule has 15 heavy (non-hydrogen) atoms. The summed E-state index contributed by atoms with van der Waals surface area (Å²) in [6, 6.07) is 1.83. The van der Waals surface area contributed by atoms with Crippen LogP contribution in [0.4, 0.5) is 0 Å². The Kier molecular flexibility index (Phi) is 3.91. The first-order valence-corrected chi connectivity index (χ1v) is 4.87. The summed E-state index contributed by atoms with van der Waals surface area (Å²) in [6.45, 7) is 3.82. The van der Waals surface area contributed by atoms with Crippen LogP contribution in [0.5, 0.6) is 0 Å². The normalized spacial score (nSPS) is 12.5. The van der Waals surface area contributed by atoms with Gasteiger partial charge in [-0.25, -0.2) is 4.79 Å². The molecule has 0 aromatic carbocycles. The zero-order valence-electron chi connectivity index (χ0n) is 9.49. The molecule has 0 radical (unpaired) electrons. The number of hydrogen-bond donors (Lipinski definition) is 0. The van der Waals surface area contributed by atoms with Gasteiger partial charge in [-0.15, -0.1) is 0 Å². The quantitative estimate of drug-likeness (QED) is 0.719. The molecule has 0 amide bonds. The Morgan fingerprint density at radius 2 is 2.20 bits per heavy atom. The van der Waals surface area contributed by atoms with Crippen molar-refractivity contribution in [2.45, 2.75) is 26.4 Å². The van der Waals surface area contributed by atoms with Crippen molar-refractivity contribution < 1.29 is 18.7 Å². The highest BCUT2D eigenvalue weighted by atomic mass is 16.5. The molecule has 0 N–H and O–H groups in total. The lowest BCUT2D eigenvalue weighted by atomic mass is 10.2. The van der Waals surface area contributed by atoms with E-state index in [4.69, 9.17) is 9.15 Å². The Hall–Kier alpha value is -1.29. The summed E-state index contributed by atoms with van der Waals surface area (Å²) in [6.07, 6.45) is 0.568. The number of carbonyl (C=O) groups is 1. The SMILES string of the molecule is CCc1cc(C(C)OC)oc1C(=O)OC. The van der Waals surface area contributed by atoms with E-state index in [1.807, 2.05) is 19.9 Å². The highest BCUT2D eigenvalue weighted by molar-refractivity contribution is 5.88. The number of hydrogen-bond acceptors (Lipinski definition) is 4. The summed E-state index contributed by atoms with van der Waals surface area (Å²) in [5.74, 6) is 0.482. The first-order valence-electron chi connectivity index (χ1n) is 4.87. The van der Waals surface area contributed by atoms with Gasteiger partial charge in [-0.3, -0.25) is 0 Å². The van der Waals surface area contributed by atoms with Crippen LogP contribution in [0.2, 0.25) is 0 Å². The lowest BCUT2D eigenvalue weighted by Crippen LogP contribution is -2.02. The number of methoxy groups -OCH3 is 2. The van der Waals surface area contributed by atoms with Gasteiger partial charge in [0.2, 0.25) is 5.76 Å². The topological polar surface area (TPSA) is 48.7 Å². The number of carbonyl (C=O) groups excluding carboxylic acids is 1. The van der Waals surface area contributed by atoms with Crippen molar-refractivity contribution in [1.82, 2.24) is 0 Å². The molecular formula is C11H16O4. The Morgan fingerprint density at radius 1 is 1.53 bits per heavy atom. The molecular weight excluding hydrogens is 196 g/mol. The predicted molar refractivity (Wildman–Crippen MR) is 54.8 cm³/mol. The number of furan rings is 1. The standard InChI is InChI=1S/C11H16O4/c1-5-8-6-9(7(2)13-3)15-10(8)11(12)14-4/h6-7H,5H2,1-4H3. The molecule has 0 saturated carbocycles. The molecule has 0 fully saturated rings. The van der Waals surface area contributed by atoms with E-state index in [1.54, 1.807) is 7.11 Å². The van der Waals surface area contributed by atoms with Crippen LogP contribution in [0.3, 0.4) is 0 Å². The molecule has 1 unspecified atom stereocenters. The van der Waals surface area contributed by atoms with Crippen molar-refractivity contribution in [3.8, 4) is 0 Å². The van der Waals surface area contributed by atoms with E-state index >= 15 is 0 Å². The average molecular weight is 212 g/mol. The van der Waals surface area contributed by atoms with Gasteiger partial charge in [0.25, 0.3) is 0 Å².